The summed E-state index contributed by atoms with van der Waals surface area (Å²) >= 11 is 0. The molecular formula is C12H20N4O. The van der Waals surface area contributed by atoms with Crippen molar-refractivity contribution in [2.45, 2.75) is 31.8 Å². The summed E-state index contributed by atoms with van der Waals surface area (Å²) in [4.78, 5) is 8.62. The molecule has 0 saturated heterocycles. The minimum absolute atomic E-state index is 0.0126. The van der Waals surface area contributed by atoms with Crippen LogP contribution in [0.1, 0.15) is 25.1 Å². The number of rotatable bonds is 5. The van der Waals surface area contributed by atoms with Crippen molar-refractivity contribution in [3.63, 3.8) is 0 Å². The highest BCUT2D eigenvalue weighted by Crippen LogP contribution is 2.35. The number of nitrogens with zero attached hydrogens (tertiary/aromatic N) is 2. The Morgan fingerprint density at radius 3 is 2.59 bits per heavy atom. The highest BCUT2D eigenvalue weighted by molar-refractivity contribution is 5.47. The lowest BCUT2D eigenvalue weighted by Crippen LogP contribution is -2.45. The quantitative estimate of drug-likeness (QED) is 0.816. The molecule has 94 valence electrons. The first-order chi connectivity index (χ1) is 8.17. The lowest BCUT2D eigenvalue weighted by molar-refractivity contribution is -0.0601. The van der Waals surface area contributed by atoms with Crippen LogP contribution >= 0.6 is 0 Å². The monoisotopic (exact) mass is 236 g/mol. The summed E-state index contributed by atoms with van der Waals surface area (Å²) in [7, 11) is 3.64. The molecule has 1 aliphatic rings. The maximum absolute atomic E-state index is 5.56. The van der Waals surface area contributed by atoms with Crippen LogP contribution < -0.4 is 10.6 Å². The molecule has 0 spiro atoms. The fourth-order valence-electron chi connectivity index (χ4n) is 2.06. The second kappa shape index (κ2) is 4.87. The van der Waals surface area contributed by atoms with Crippen LogP contribution in [0.4, 0.5) is 11.6 Å². The molecule has 2 N–H and O–H groups in total. The van der Waals surface area contributed by atoms with E-state index < -0.39 is 0 Å². The van der Waals surface area contributed by atoms with Gasteiger partial charge in [-0.05, 0) is 26.2 Å². The Morgan fingerprint density at radius 2 is 2.06 bits per heavy atom. The molecule has 0 bridgehead atoms. The molecule has 0 unspecified atom stereocenters. The second-order valence-electron chi connectivity index (χ2n) is 4.53. The third-order valence-corrected chi connectivity index (χ3v) is 3.38. The molecule has 5 heteroatoms. The molecule has 5 nitrogen and oxygen atoms in total. The van der Waals surface area contributed by atoms with E-state index in [2.05, 4.69) is 20.6 Å². The first kappa shape index (κ1) is 12.1. The van der Waals surface area contributed by atoms with Crippen LogP contribution in [0, 0.1) is 6.92 Å². The Morgan fingerprint density at radius 1 is 1.35 bits per heavy atom. The van der Waals surface area contributed by atoms with E-state index in [1.54, 1.807) is 7.11 Å². The Balaban J connectivity index is 2.01. The molecule has 1 aromatic heterocycles. The highest BCUT2D eigenvalue weighted by Gasteiger charge is 2.36. The Hall–Kier alpha value is -1.36. The number of hydrogen-bond donors (Lipinski definition) is 2. The van der Waals surface area contributed by atoms with Crippen molar-refractivity contribution in [2.24, 2.45) is 0 Å². The molecule has 0 aliphatic heterocycles. The van der Waals surface area contributed by atoms with E-state index in [9.17, 15) is 0 Å². The number of nitrogens with one attached hydrogen (secondary N) is 2. The first-order valence-electron chi connectivity index (χ1n) is 6.00. The van der Waals surface area contributed by atoms with E-state index in [4.69, 9.17) is 4.74 Å². The van der Waals surface area contributed by atoms with Gasteiger partial charge in [-0.25, -0.2) is 9.97 Å². The number of aryl methyl sites for hydroxylation is 1. The molecule has 0 radical (unpaired) electrons. The molecule has 0 aromatic carbocycles. The highest BCUT2D eigenvalue weighted by atomic mass is 16.5. The predicted octanol–water partition coefficient (Wildman–Crippen LogP) is 1.81. The zero-order valence-electron chi connectivity index (χ0n) is 10.7. The fraction of sp³-hybridized carbons (Fsp3) is 0.667. The molecule has 0 atom stereocenters. The van der Waals surface area contributed by atoms with Crippen LogP contribution in [0.2, 0.25) is 0 Å². The van der Waals surface area contributed by atoms with E-state index in [0.717, 1.165) is 36.8 Å². The summed E-state index contributed by atoms with van der Waals surface area (Å²) in [5.41, 5.74) is 0.0126. The normalized spacial score (nSPS) is 17.4. The van der Waals surface area contributed by atoms with E-state index in [-0.39, 0.29) is 5.60 Å². The summed E-state index contributed by atoms with van der Waals surface area (Å²) in [6, 6.07) is 1.91. The fourth-order valence-corrected chi connectivity index (χ4v) is 2.06. The van der Waals surface area contributed by atoms with Gasteiger partial charge < -0.3 is 15.4 Å². The molecule has 1 saturated carbocycles. The van der Waals surface area contributed by atoms with Gasteiger partial charge in [-0.3, -0.25) is 0 Å². The van der Waals surface area contributed by atoms with Gasteiger partial charge in [-0.15, -0.1) is 0 Å². The Labute approximate surface area is 102 Å². The van der Waals surface area contributed by atoms with Crippen molar-refractivity contribution in [1.29, 1.82) is 0 Å². The minimum atomic E-state index is 0.0126. The van der Waals surface area contributed by atoms with Crippen molar-refractivity contribution in [1.82, 2.24) is 9.97 Å². The number of aromatic nitrogens is 2. The zero-order valence-corrected chi connectivity index (χ0v) is 10.7. The van der Waals surface area contributed by atoms with Gasteiger partial charge in [0.1, 0.15) is 17.5 Å². The summed E-state index contributed by atoms with van der Waals surface area (Å²) < 4.78 is 5.56. The lowest BCUT2D eigenvalue weighted by atomic mass is 9.80. The van der Waals surface area contributed by atoms with E-state index >= 15 is 0 Å². The summed E-state index contributed by atoms with van der Waals surface area (Å²) in [6.45, 7) is 2.70. The molecule has 0 amide bonds. The van der Waals surface area contributed by atoms with Crippen molar-refractivity contribution in [2.75, 3.05) is 31.3 Å². The van der Waals surface area contributed by atoms with Crippen LogP contribution in [0.5, 0.6) is 0 Å². The number of anilines is 2. The minimum Gasteiger partial charge on any atom is -0.376 e. The maximum atomic E-state index is 5.56. The van der Waals surface area contributed by atoms with Crippen LogP contribution in [0.15, 0.2) is 6.07 Å². The molecule has 17 heavy (non-hydrogen) atoms. The third kappa shape index (κ3) is 2.66. The van der Waals surface area contributed by atoms with Crippen molar-refractivity contribution >= 4 is 11.6 Å². The largest absolute Gasteiger partial charge is 0.376 e. The van der Waals surface area contributed by atoms with E-state index in [0.29, 0.717) is 0 Å². The van der Waals surface area contributed by atoms with Gasteiger partial charge in [0.05, 0.1) is 5.60 Å². The van der Waals surface area contributed by atoms with Gasteiger partial charge in [0.15, 0.2) is 0 Å². The molecule has 1 aliphatic carbocycles. The number of hydrogen-bond acceptors (Lipinski definition) is 5. The summed E-state index contributed by atoms with van der Waals surface area (Å²) in [5, 5.41) is 6.36. The molecule has 1 fully saturated rings. The molecule has 1 aromatic rings. The van der Waals surface area contributed by atoms with Crippen molar-refractivity contribution < 1.29 is 4.74 Å². The van der Waals surface area contributed by atoms with E-state index in [1.165, 1.54) is 6.42 Å². The molecule has 2 rings (SSSR count). The average molecular weight is 236 g/mol. The lowest BCUT2D eigenvalue weighted by Gasteiger charge is -2.40. The first-order valence-corrected chi connectivity index (χ1v) is 6.00. The van der Waals surface area contributed by atoms with Crippen LogP contribution in [-0.2, 0) is 4.74 Å². The summed E-state index contributed by atoms with van der Waals surface area (Å²) in [6.07, 6.45) is 3.50. The molecule has 1 heterocycles. The van der Waals surface area contributed by atoms with Gasteiger partial charge in [0.25, 0.3) is 0 Å². The van der Waals surface area contributed by atoms with Gasteiger partial charge in [-0.1, -0.05) is 0 Å². The Kier molecular flexibility index (Phi) is 3.47. The maximum Gasteiger partial charge on any atom is 0.131 e. The van der Waals surface area contributed by atoms with Gasteiger partial charge in [-0.2, -0.15) is 0 Å². The smallest absolute Gasteiger partial charge is 0.131 e. The second-order valence-corrected chi connectivity index (χ2v) is 4.53. The van der Waals surface area contributed by atoms with Crippen molar-refractivity contribution in [3.8, 4) is 0 Å². The predicted molar refractivity (Wildman–Crippen MR) is 68.4 cm³/mol. The average Bonchev–Trinajstić information content (AvgIpc) is 2.27. The zero-order chi connectivity index (χ0) is 12.3. The van der Waals surface area contributed by atoms with Crippen LogP contribution in [0.3, 0.4) is 0 Å². The molecular weight excluding hydrogens is 216 g/mol. The van der Waals surface area contributed by atoms with Gasteiger partial charge >= 0.3 is 0 Å². The topological polar surface area (TPSA) is 59.1 Å². The van der Waals surface area contributed by atoms with Gasteiger partial charge in [0.2, 0.25) is 0 Å². The van der Waals surface area contributed by atoms with Gasteiger partial charge in [0, 0.05) is 26.8 Å². The Bertz CT molecular complexity index is 385. The number of methoxy groups -OCH3 is 1. The summed E-state index contributed by atoms with van der Waals surface area (Å²) in [5.74, 6) is 2.45. The SMILES string of the molecule is CNc1cc(NCC2(OC)CCC2)nc(C)n1. The van der Waals surface area contributed by atoms with E-state index in [1.807, 2.05) is 20.0 Å². The standard InChI is InChI=1S/C12H20N4O/c1-9-15-10(13-2)7-11(16-9)14-8-12(17-3)5-4-6-12/h7H,4-6,8H2,1-3H3,(H2,13,14,15,16). The number of ether oxygens (including phenoxy) is 1. The van der Waals surface area contributed by atoms with Crippen LogP contribution in [-0.4, -0.2) is 36.3 Å². The third-order valence-electron chi connectivity index (χ3n) is 3.38. The van der Waals surface area contributed by atoms with Crippen LogP contribution in [0.25, 0.3) is 0 Å². The van der Waals surface area contributed by atoms with Crippen molar-refractivity contribution in [3.05, 3.63) is 11.9 Å².